The third-order valence-electron chi connectivity index (χ3n) is 10.4. The highest BCUT2D eigenvalue weighted by molar-refractivity contribution is 6.26. The molecule has 8 heterocycles. The molecule has 220 valence electrons. The lowest BCUT2D eigenvalue weighted by Crippen LogP contribution is -2.22. The van der Waals surface area contributed by atoms with Gasteiger partial charge in [0, 0.05) is 43.1 Å². The van der Waals surface area contributed by atoms with E-state index in [1.807, 2.05) is 0 Å². The van der Waals surface area contributed by atoms with Crippen LogP contribution in [-0.2, 0) is 0 Å². The van der Waals surface area contributed by atoms with E-state index in [0.29, 0.717) is 43.6 Å². The molecule has 12 rings (SSSR count). The molecule has 8 aromatic heterocycles. The van der Waals surface area contributed by atoms with Gasteiger partial charge in [0.1, 0.15) is 22.1 Å². The van der Waals surface area contributed by atoms with E-state index in [-0.39, 0.29) is 76.3 Å². The number of hydrogen-bond donors (Lipinski definition) is 0. The SMILES string of the molecule is O=c1c2cccc3c(=O)c4nc5c(nc6c(=O)c7cccc8c(=O)c9cccc%10c(=O)c5c6n(c87)c9%10)c5c(=O)c6cccc1c6n(c23)c45. The summed E-state index contributed by atoms with van der Waals surface area (Å²) in [6.07, 6.45) is 0. The van der Waals surface area contributed by atoms with E-state index < -0.39 is 21.7 Å². The Labute approximate surface area is 261 Å². The number of hydrogen-bond acceptors (Lipinski definition) is 8. The van der Waals surface area contributed by atoms with E-state index in [0.717, 1.165) is 0 Å². The molecule has 0 unspecified atom stereocenters. The van der Waals surface area contributed by atoms with Gasteiger partial charge in [0.15, 0.2) is 21.7 Å². The molecule has 0 bridgehead atoms. The molecule has 10 heteroatoms. The number of fused-ring (bicyclic) bond motifs is 3. The second kappa shape index (κ2) is 7.37. The lowest BCUT2D eigenvalue weighted by Gasteiger charge is -2.20. The summed E-state index contributed by atoms with van der Waals surface area (Å²) in [5.74, 6) is 0. The summed E-state index contributed by atoms with van der Waals surface area (Å²) >= 11 is 0. The van der Waals surface area contributed by atoms with Gasteiger partial charge >= 0.3 is 0 Å². The van der Waals surface area contributed by atoms with Crippen LogP contribution in [-0.4, -0.2) is 18.8 Å². The second-order valence-corrected chi connectivity index (χ2v) is 12.5. The van der Waals surface area contributed by atoms with Crippen molar-refractivity contribution in [2.24, 2.45) is 0 Å². The molecular weight excluding hydrogens is 608 g/mol. The van der Waals surface area contributed by atoms with Crippen molar-refractivity contribution in [3.63, 3.8) is 0 Å². The first-order chi connectivity index (χ1) is 23.4. The van der Waals surface area contributed by atoms with Crippen LogP contribution in [0.3, 0.4) is 0 Å². The molecule has 0 atom stereocenters. The summed E-state index contributed by atoms with van der Waals surface area (Å²) in [5.41, 5.74) is -0.947. The average molecular weight is 621 g/mol. The van der Waals surface area contributed by atoms with Crippen LogP contribution in [0.1, 0.15) is 0 Å². The lowest BCUT2D eigenvalue weighted by atomic mass is 9.96. The predicted octanol–water partition coefficient (Wildman–Crippen LogP) is 4.15. The van der Waals surface area contributed by atoms with Crippen molar-refractivity contribution in [1.82, 2.24) is 18.8 Å². The fourth-order valence-electron chi connectivity index (χ4n) is 8.52. The van der Waals surface area contributed by atoms with E-state index in [1.165, 1.54) is 0 Å². The topological polar surface area (TPSA) is 137 Å². The van der Waals surface area contributed by atoms with Crippen LogP contribution in [0.4, 0.5) is 0 Å². The number of para-hydroxylation sites is 4. The number of benzene rings is 4. The van der Waals surface area contributed by atoms with Gasteiger partial charge in [-0.25, -0.2) is 9.97 Å². The van der Waals surface area contributed by atoms with Crippen LogP contribution in [0.2, 0.25) is 0 Å². The predicted molar refractivity (Wildman–Crippen MR) is 186 cm³/mol. The molecule has 0 spiro atoms. The molecule has 4 aromatic carbocycles. The highest BCUT2D eigenvalue weighted by Gasteiger charge is 2.30. The van der Waals surface area contributed by atoms with Gasteiger partial charge < -0.3 is 8.80 Å². The number of rotatable bonds is 0. The minimum Gasteiger partial charge on any atom is -0.304 e. The van der Waals surface area contributed by atoms with Crippen molar-refractivity contribution in [3.05, 3.63) is 134 Å². The van der Waals surface area contributed by atoms with Gasteiger partial charge in [-0.15, -0.1) is 0 Å². The standard InChI is InChI=1S/C38H12N4O6/c43-33-13-5-1-9-17-27(13)41-29-15(33)7-3-11-19(29)37(47)25-31(41)21(35(17)45)23-24(40-25)22-32-26(39-23)38(48)20-12-4-8-16-30(20)42(32)28-14(34(16)44)6-2-10-18(28)36(22)46/h1-12H. The minimum absolute atomic E-state index is 0.00294. The first-order valence-electron chi connectivity index (χ1n) is 15.2. The molecule has 12 aromatic rings. The fraction of sp³-hybridized carbons (Fsp3) is 0. The first-order valence-corrected chi connectivity index (χ1v) is 15.2. The molecule has 0 amide bonds. The van der Waals surface area contributed by atoms with Crippen molar-refractivity contribution in [2.75, 3.05) is 0 Å². The van der Waals surface area contributed by atoms with Crippen LogP contribution < -0.4 is 32.6 Å². The zero-order valence-electron chi connectivity index (χ0n) is 24.2. The Morgan fingerprint density at radius 1 is 0.312 bits per heavy atom. The summed E-state index contributed by atoms with van der Waals surface area (Å²) in [5, 5.41) is 2.24. The van der Waals surface area contributed by atoms with Gasteiger partial charge in [-0.05, 0) is 48.5 Å². The molecular formula is C38H12N4O6. The zero-order chi connectivity index (χ0) is 32.1. The molecule has 0 radical (unpaired) electrons. The van der Waals surface area contributed by atoms with Crippen molar-refractivity contribution in [1.29, 1.82) is 0 Å². The molecule has 48 heavy (non-hydrogen) atoms. The first kappa shape index (κ1) is 24.3. The van der Waals surface area contributed by atoms with Gasteiger partial charge in [-0.2, -0.15) is 0 Å². The van der Waals surface area contributed by atoms with Gasteiger partial charge in [0.25, 0.3) is 0 Å². The Morgan fingerprint density at radius 3 is 0.896 bits per heavy atom. The van der Waals surface area contributed by atoms with Crippen LogP contribution in [0.25, 0.3) is 109 Å². The van der Waals surface area contributed by atoms with Crippen molar-refractivity contribution >= 4 is 109 Å². The van der Waals surface area contributed by atoms with Crippen molar-refractivity contribution in [3.8, 4) is 0 Å². The third-order valence-corrected chi connectivity index (χ3v) is 10.4. The van der Waals surface area contributed by atoms with E-state index >= 15 is 0 Å². The zero-order valence-corrected chi connectivity index (χ0v) is 24.2. The van der Waals surface area contributed by atoms with Gasteiger partial charge in [-0.3, -0.25) is 28.8 Å². The number of aromatic nitrogens is 4. The van der Waals surface area contributed by atoms with Crippen molar-refractivity contribution in [2.45, 2.75) is 0 Å². The van der Waals surface area contributed by atoms with E-state index in [4.69, 9.17) is 9.97 Å². The second-order valence-electron chi connectivity index (χ2n) is 12.5. The van der Waals surface area contributed by atoms with Crippen molar-refractivity contribution < 1.29 is 0 Å². The summed E-state index contributed by atoms with van der Waals surface area (Å²) in [4.78, 5) is 94.9. The van der Waals surface area contributed by atoms with E-state index in [2.05, 4.69) is 0 Å². The smallest absolute Gasteiger partial charge is 0.215 e. The normalized spacial score (nSPS) is 13.1. The van der Waals surface area contributed by atoms with E-state index in [1.54, 1.807) is 81.6 Å². The van der Waals surface area contributed by atoms with E-state index in [9.17, 15) is 28.8 Å². The summed E-state index contributed by atoms with van der Waals surface area (Å²) in [7, 11) is 0. The largest absolute Gasteiger partial charge is 0.304 e. The molecule has 0 saturated heterocycles. The summed E-state index contributed by atoms with van der Waals surface area (Å²) in [6, 6.07) is 19.6. The Bertz CT molecular complexity index is 3560. The third kappa shape index (κ3) is 2.29. The maximum absolute atomic E-state index is 14.6. The Morgan fingerprint density at radius 2 is 0.583 bits per heavy atom. The highest BCUT2D eigenvalue weighted by atomic mass is 16.1. The molecule has 0 aliphatic carbocycles. The Hall–Kier alpha value is -6.94. The average Bonchev–Trinajstić information content (AvgIpc) is 3.11. The molecule has 0 fully saturated rings. The minimum atomic E-state index is -0.507. The monoisotopic (exact) mass is 620 g/mol. The van der Waals surface area contributed by atoms with Crippen LogP contribution >= 0.6 is 0 Å². The quantitative estimate of drug-likeness (QED) is 0.182. The van der Waals surface area contributed by atoms with Crippen LogP contribution in [0.15, 0.2) is 102 Å². The lowest BCUT2D eigenvalue weighted by molar-refractivity contribution is 1.28. The molecule has 0 aliphatic rings. The summed E-state index contributed by atoms with van der Waals surface area (Å²) in [6.45, 7) is 0. The molecule has 0 aliphatic heterocycles. The van der Waals surface area contributed by atoms with Crippen LogP contribution in [0.5, 0.6) is 0 Å². The highest BCUT2D eigenvalue weighted by Crippen LogP contribution is 2.37. The van der Waals surface area contributed by atoms with Gasteiger partial charge in [-0.1, -0.05) is 24.3 Å². The maximum Gasteiger partial charge on any atom is 0.215 e. The Kier molecular flexibility index (Phi) is 3.73. The molecule has 0 N–H and O–H groups in total. The Balaban J connectivity index is 1.52. The number of nitrogens with zero attached hydrogens (tertiary/aromatic N) is 4. The summed E-state index contributed by atoms with van der Waals surface area (Å²) < 4.78 is 3.48. The van der Waals surface area contributed by atoms with Gasteiger partial charge in [0.05, 0.1) is 43.9 Å². The maximum atomic E-state index is 14.6. The molecule has 0 saturated carbocycles. The number of pyridine rings is 8. The fourth-order valence-corrected chi connectivity index (χ4v) is 8.52. The van der Waals surface area contributed by atoms with Gasteiger partial charge in [0.2, 0.25) is 10.9 Å². The molecule has 10 nitrogen and oxygen atoms in total. The van der Waals surface area contributed by atoms with Crippen LogP contribution in [0, 0.1) is 0 Å².